The van der Waals surface area contributed by atoms with Crippen molar-refractivity contribution in [3.8, 4) is 11.4 Å². The number of benzene rings is 2. The van der Waals surface area contributed by atoms with E-state index < -0.39 is 0 Å². The zero-order valence-corrected chi connectivity index (χ0v) is 15.2. The Bertz CT molecular complexity index is 975. The van der Waals surface area contributed by atoms with Crippen molar-refractivity contribution in [3.05, 3.63) is 70.8 Å². The molecule has 1 unspecified atom stereocenters. The lowest BCUT2D eigenvalue weighted by Gasteiger charge is -2.21. The summed E-state index contributed by atoms with van der Waals surface area (Å²) in [6.07, 6.45) is 1.74. The maximum Gasteiger partial charge on any atom is 0.249 e. The fourth-order valence-corrected chi connectivity index (χ4v) is 3.59. The molecule has 0 aliphatic carbocycles. The lowest BCUT2D eigenvalue weighted by molar-refractivity contribution is -0.131. The Hall–Kier alpha value is -2.73. The number of hydrogen-bond donors (Lipinski definition) is 0. The molecule has 0 radical (unpaired) electrons. The van der Waals surface area contributed by atoms with Crippen molar-refractivity contribution in [1.29, 1.82) is 0 Å². The van der Waals surface area contributed by atoms with Gasteiger partial charge in [0.25, 0.3) is 0 Å². The van der Waals surface area contributed by atoms with Crippen LogP contribution in [0.15, 0.2) is 53.1 Å². The van der Waals surface area contributed by atoms with E-state index in [9.17, 15) is 9.18 Å². The number of rotatable bonds is 4. The highest BCUT2D eigenvalue weighted by Gasteiger charge is 2.34. The summed E-state index contributed by atoms with van der Waals surface area (Å²) in [6.45, 7) is 0.614. The van der Waals surface area contributed by atoms with E-state index in [-0.39, 0.29) is 24.2 Å². The van der Waals surface area contributed by atoms with Gasteiger partial charge in [-0.3, -0.25) is 4.79 Å². The molecule has 1 saturated heterocycles. The Kier molecular flexibility index (Phi) is 4.90. The van der Waals surface area contributed by atoms with E-state index in [4.69, 9.17) is 16.1 Å². The van der Waals surface area contributed by atoms with Gasteiger partial charge in [-0.15, -0.1) is 0 Å². The van der Waals surface area contributed by atoms with Crippen molar-refractivity contribution >= 4 is 17.5 Å². The van der Waals surface area contributed by atoms with Crippen molar-refractivity contribution in [3.63, 3.8) is 0 Å². The smallest absolute Gasteiger partial charge is 0.249 e. The highest BCUT2D eigenvalue weighted by Crippen LogP contribution is 2.33. The van der Waals surface area contributed by atoms with Gasteiger partial charge in [-0.1, -0.05) is 41.0 Å². The van der Waals surface area contributed by atoms with E-state index >= 15 is 0 Å². The van der Waals surface area contributed by atoms with Crippen LogP contribution in [0.1, 0.15) is 30.3 Å². The van der Waals surface area contributed by atoms with Gasteiger partial charge in [0.15, 0.2) is 0 Å². The fourth-order valence-electron chi connectivity index (χ4n) is 3.37. The molecule has 1 atom stereocenters. The summed E-state index contributed by atoms with van der Waals surface area (Å²) in [5.41, 5.74) is 1.33. The Morgan fingerprint density at radius 3 is 2.93 bits per heavy atom. The summed E-state index contributed by atoms with van der Waals surface area (Å²) in [6, 6.07) is 13.1. The van der Waals surface area contributed by atoms with E-state index in [0.29, 0.717) is 34.4 Å². The van der Waals surface area contributed by atoms with Gasteiger partial charge in [0.05, 0.1) is 11.4 Å². The zero-order chi connectivity index (χ0) is 18.8. The van der Waals surface area contributed by atoms with Crippen molar-refractivity contribution in [2.24, 2.45) is 0 Å². The van der Waals surface area contributed by atoms with Gasteiger partial charge in [-0.05, 0) is 42.7 Å². The van der Waals surface area contributed by atoms with Gasteiger partial charge in [-0.25, -0.2) is 4.39 Å². The number of carbonyl (C=O) groups is 1. The number of amides is 1. The van der Waals surface area contributed by atoms with Gasteiger partial charge >= 0.3 is 0 Å². The third-order valence-electron chi connectivity index (χ3n) is 4.66. The SMILES string of the molecule is O=C(Cc1cccc(F)c1)N1CCCC1c1nc(-c2ccccc2Cl)no1. The summed E-state index contributed by atoms with van der Waals surface area (Å²) in [7, 11) is 0. The molecule has 7 heteroatoms. The highest BCUT2D eigenvalue weighted by molar-refractivity contribution is 6.33. The summed E-state index contributed by atoms with van der Waals surface area (Å²) in [5, 5.41) is 4.56. The van der Waals surface area contributed by atoms with Crippen LogP contribution in [0, 0.1) is 5.82 Å². The molecule has 5 nitrogen and oxygen atoms in total. The maximum atomic E-state index is 13.4. The molecule has 2 aromatic carbocycles. The number of carbonyl (C=O) groups excluding carboxylic acids is 1. The molecule has 0 bridgehead atoms. The molecule has 27 heavy (non-hydrogen) atoms. The number of hydrogen-bond acceptors (Lipinski definition) is 4. The lowest BCUT2D eigenvalue weighted by atomic mass is 10.1. The second-order valence-electron chi connectivity index (χ2n) is 6.49. The first-order valence-electron chi connectivity index (χ1n) is 8.74. The fraction of sp³-hybridized carbons (Fsp3) is 0.250. The van der Waals surface area contributed by atoms with Crippen LogP contribution in [0.3, 0.4) is 0 Å². The molecule has 4 rings (SSSR count). The average Bonchev–Trinajstić information content (AvgIpc) is 3.31. The van der Waals surface area contributed by atoms with Crippen LogP contribution in [0.5, 0.6) is 0 Å². The predicted octanol–water partition coefficient (Wildman–Crippen LogP) is 4.44. The third kappa shape index (κ3) is 3.71. The molecule has 3 aromatic rings. The molecule has 0 saturated carbocycles. The van der Waals surface area contributed by atoms with E-state index in [1.54, 1.807) is 23.1 Å². The third-order valence-corrected chi connectivity index (χ3v) is 4.99. The van der Waals surface area contributed by atoms with Crippen LogP contribution in [-0.2, 0) is 11.2 Å². The summed E-state index contributed by atoms with van der Waals surface area (Å²) >= 11 is 6.19. The summed E-state index contributed by atoms with van der Waals surface area (Å²) < 4.78 is 18.8. The zero-order valence-electron chi connectivity index (χ0n) is 14.4. The quantitative estimate of drug-likeness (QED) is 0.666. The van der Waals surface area contributed by atoms with Crippen molar-refractivity contribution in [2.45, 2.75) is 25.3 Å². The highest BCUT2D eigenvalue weighted by atomic mass is 35.5. The number of halogens is 2. The van der Waals surface area contributed by atoms with Crippen molar-refractivity contribution in [2.75, 3.05) is 6.54 Å². The normalized spacial score (nSPS) is 16.7. The second kappa shape index (κ2) is 7.48. The Morgan fingerprint density at radius 1 is 1.26 bits per heavy atom. The van der Waals surface area contributed by atoms with Gasteiger partial charge < -0.3 is 9.42 Å². The Balaban J connectivity index is 1.53. The summed E-state index contributed by atoms with van der Waals surface area (Å²) in [5.74, 6) is 0.371. The Labute approximate surface area is 160 Å². The minimum atomic E-state index is -0.348. The minimum absolute atomic E-state index is 0.0828. The lowest BCUT2D eigenvalue weighted by Crippen LogP contribution is -2.32. The number of nitrogens with zero attached hydrogens (tertiary/aromatic N) is 3. The van der Waals surface area contributed by atoms with E-state index in [0.717, 1.165) is 12.8 Å². The molecule has 0 spiro atoms. The molecule has 2 heterocycles. The largest absolute Gasteiger partial charge is 0.337 e. The summed E-state index contributed by atoms with van der Waals surface area (Å²) in [4.78, 5) is 18.9. The first-order valence-corrected chi connectivity index (χ1v) is 9.12. The van der Waals surface area contributed by atoms with Crippen LogP contribution in [0.25, 0.3) is 11.4 Å². The first-order chi connectivity index (χ1) is 13.1. The van der Waals surface area contributed by atoms with Crippen LogP contribution in [0.2, 0.25) is 5.02 Å². The molecule has 0 N–H and O–H groups in total. The molecule has 1 amide bonds. The molecule has 1 aliphatic heterocycles. The molecule has 138 valence electrons. The Morgan fingerprint density at radius 2 is 2.11 bits per heavy atom. The van der Waals surface area contributed by atoms with E-state index in [1.807, 2.05) is 18.2 Å². The monoisotopic (exact) mass is 385 g/mol. The molecule has 1 aliphatic rings. The van der Waals surface area contributed by atoms with Crippen molar-refractivity contribution in [1.82, 2.24) is 15.0 Å². The first kappa shape index (κ1) is 17.7. The molecule has 1 aromatic heterocycles. The minimum Gasteiger partial charge on any atom is -0.337 e. The average molecular weight is 386 g/mol. The van der Waals surface area contributed by atoms with Crippen LogP contribution in [0.4, 0.5) is 4.39 Å². The van der Waals surface area contributed by atoms with Crippen molar-refractivity contribution < 1.29 is 13.7 Å². The van der Waals surface area contributed by atoms with Gasteiger partial charge in [0, 0.05) is 12.1 Å². The molecule has 1 fully saturated rings. The predicted molar refractivity (Wildman–Crippen MR) is 98.5 cm³/mol. The van der Waals surface area contributed by atoms with E-state index in [1.165, 1.54) is 12.1 Å². The standard InChI is InChI=1S/C20H17ClFN3O2/c21-16-8-2-1-7-15(16)19-23-20(27-24-19)17-9-4-10-25(17)18(26)12-13-5-3-6-14(22)11-13/h1-3,5-8,11,17H,4,9-10,12H2. The number of aromatic nitrogens is 2. The van der Waals surface area contributed by atoms with Gasteiger partial charge in [0.2, 0.25) is 17.6 Å². The van der Waals surface area contributed by atoms with Gasteiger partial charge in [-0.2, -0.15) is 4.98 Å². The van der Waals surface area contributed by atoms with Crippen LogP contribution < -0.4 is 0 Å². The topological polar surface area (TPSA) is 59.2 Å². The molecular formula is C20H17ClFN3O2. The van der Waals surface area contributed by atoms with E-state index in [2.05, 4.69) is 10.1 Å². The maximum absolute atomic E-state index is 13.4. The van der Waals surface area contributed by atoms with Crippen LogP contribution >= 0.6 is 11.6 Å². The van der Waals surface area contributed by atoms with Gasteiger partial charge in [0.1, 0.15) is 11.9 Å². The van der Waals surface area contributed by atoms with Crippen LogP contribution in [-0.4, -0.2) is 27.5 Å². The number of likely N-dealkylation sites (tertiary alicyclic amines) is 1. The second-order valence-corrected chi connectivity index (χ2v) is 6.90. The molecular weight excluding hydrogens is 369 g/mol.